The van der Waals surface area contributed by atoms with Crippen molar-refractivity contribution in [2.75, 3.05) is 25.5 Å². The lowest BCUT2D eigenvalue weighted by Crippen LogP contribution is -2.15. The van der Waals surface area contributed by atoms with Crippen molar-refractivity contribution in [3.05, 3.63) is 12.4 Å². The molecule has 0 aliphatic heterocycles. The van der Waals surface area contributed by atoms with E-state index in [4.69, 9.17) is 10.5 Å². The van der Waals surface area contributed by atoms with Crippen molar-refractivity contribution >= 4 is 5.82 Å². The Balaban J connectivity index is 2.43. The predicted octanol–water partition coefficient (Wildman–Crippen LogP) is 0.882. The van der Waals surface area contributed by atoms with E-state index >= 15 is 0 Å². The van der Waals surface area contributed by atoms with Gasteiger partial charge in [0.2, 0.25) is 5.88 Å². The Morgan fingerprint density at radius 2 is 2.33 bits per heavy atom. The molecule has 1 aromatic rings. The molecule has 0 aliphatic rings. The summed E-state index contributed by atoms with van der Waals surface area (Å²) in [5.41, 5.74) is 5.47. The van der Waals surface area contributed by atoms with E-state index in [0.29, 0.717) is 11.8 Å². The molecule has 1 heterocycles. The zero-order valence-electron chi connectivity index (χ0n) is 9.23. The number of ether oxygens (including phenoxy) is 1. The van der Waals surface area contributed by atoms with Crippen LogP contribution in [-0.2, 0) is 0 Å². The summed E-state index contributed by atoms with van der Waals surface area (Å²) in [6.07, 6.45) is 2.49. The molecule has 0 saturated heterocycles. The van der Waals surface area contributed by atoms with E-state index in [1.54, 1.807) is 13.2 Å². The molecule has 15 heavy (non-hydrogen) atoms. The maximum atomic E-state index is 5.47. The molecular formula is C10H18N4O. The number of hydrogen-bond donors (Lipinski definition) is 2. The first-order chi connectivity index (χ1) is 7.26. The Labute approximate surface area is 90.1 Å². The number of nitrogens with two attached hydrogens (primary N) is 1. The number of nitrogens with one attached hydrogen (secondary N) is 1. The molecule has 1 unspecified atom stereocenters. The zero-order valence-corrected chi connectivity index (χ0v) is 9.23. The topological polar surface area (TPSA) is 73.1 Å². The van der Waals surface area contributed by atoms with Gasteiger partial charge in [0, 0.05) is 12.6 Å². The fraction of sp³-hybridized carbons (Fsp3) is 0.600. The molecule has 0 radical (unpaired) electrons. The van der Waals surface area contributed by atoms with Crippen LogP contribution in [0.2, 0.25) is 0 Å². The SMILES string of the molecule is COc1cc(NCC(C)CCN)ncn1. The number of methoxy groups -OCH3 is 1. The van der Waals surface area contributed by atoms with Crippen molar-refractivity contribution in [2.24, 2.45) is 11.7 Å². The maximum absolute atomic E-state index is 5.47. The first-order valence-electron chi connectivity index (χ1n) is 5.06. The van der Waals surface area contributed by atoms with Crippen molar-refractivity contribution in [3.63, 3.8) is 0 Å². The highest BCUT2D eigenvalue weighted by Crippen LogP contribution is 2.11. The Morgan fingerprint density at radius 1 is 1.53 bits per heavy atom. The average molecular weight is 210 g/mol. The second-order valence-electron chi connectivity index (χ2n) is 3.51. The zero-order chi connectivity index (χ0) is 11.1. The Morgan fingerprint density at radius 3 is 3.00 bits per heavy atom. The van der Waals surface area contributed by atoms with Crippen LogP contribution in [0.5, 0.6) is 5.88 Å². The molecule has 0 aromatic carbocycles. The lowest BCUT2D eigenvalue weighted by atomic mass is 10.1. The van der Waals surface area contributed by atoms with Crippen LogP contribution in [0.15, 0.2) is 12.4 Å². The number of anilines is 1. The van der Waals surface area contributed by atoms with E-state index in [-0.39, 0.29) is 0 Å². The molecule has 0 spiro atoms. The third kappa shape index (κ3) is 4.12. The van der Waals surface area contributed by atoms with Crippen molar-refractivity contribution in [3.8, 4) is 5.88 Å². The molecular weight excluding hydrogens is 192 g/mol. The van der Waals surface area contributed by atoms with Crippen molar-refractivity contribution < 1.29 is 4.74 Å². The summed E-state index contributed by atoms with van der Waals surface area (Å²) in [5.74, 6) is 1.89. The highest BCUT2D eigenvalue weighted by molar-refractivity contribution is 5.36. The van der Waals surface area contributed by atoms with Crippen LogP contribution in [0, 0.1) is 5.92 Å². The van der Waals surface area contributed by atoms with Gasteiger partial charge in [0.1, 0.15) is 12.1 Å². The second-order valence-corrected chi connectivity index (χ2v) is 3.51. The number of hydrogen-bond acceptors (Lipinski definition) is 5. The highest BCUT2D eigenvalue weighted by Gasteiger charge is 2.02. The van der Waals surface area contributed by atoms with Crippen LogP contribution in [0.1, 0.15) is 13.3 Å². The van der Waals surface area contributed by atoms with Gasteiger partial charge in [0.05, 0.1) is 7.11 Å². The summed E-state index contributed by atoms with van der Waals surface area (Å²) in [7, 11) is 1.59. The van der Waals surface area contributed by atoms with Gasteiger partial charge in [-0.05, 0) is 18.9 Å². The molecule has 5 nitrogen and oxygen atoms in total. The van der Waals surface area contributed by atoms with Gasteiger partial charge in [-0.2, -0.15) is 0 Å². The minimum absolute atomic E-state index is 0.538. The molecule has 84 valence electrons. The highest BCUT2D eigenvalue weighted by atomic mass is 16.5. The van der Waals surface area contributed by atoms with Crippen molar-refractivity contribution in [1.29, 1.82) is 0 Å². The summed E-state index contributed by atoms with van der Waals surface area (Å²) < 4.78 is 5.00. The molecule has 3 N–H and O–H groups in total. The predicted molar refractivity (Wildman–Crippen MR) is 59.9 cm³/mol. The van der Waals surface area contributed by atoms with E-state index in [9.17, 15) is 0 Å². The standard InChI is InChI=1S/C10H18N4O/c1-8(3-4-11)6-12-9-5-10(15-2)14-7-13-9/h5,7-8H,3-4,6,11H2,1-2H3,(H,12,13,14). The molecule has 1 atom stereocenters. The first kappa shape index (κ1) is 11.7. The van der Waals surface area contributed by atoms with Crippen LogP contribution >= 0.6 is 0 Å². The van der Waals surface area contributed by atoms with Gasteiger partial charge in [-0.25, -0.2) is 9.97 Å². The van der Waals surface area contributed by atoms with Crippen LogP contribution < -0.4 is 15.8 Å². The quantitative estimate of drug-likeness (QED) is 0.729. The fourth-order valence-electron chi connectivity index (χ4n) is 1.21. The van der Waals surface area contributed by atoms with E-state index in [0.717, 1.165) is 25.3 Å². The van der Waals surface area contributed by atoms with Crippen molar-refractivity contribution in [2.45, 2.75) is 13.3 Å². The van der Waals surface area contributed by atoms with E-state index < -0.39 is 0 Å². The van der Waals surface area contributed by atoms with Gasteiger partial charge < -0.3 is 15.8 Å². The molecule has 0 fully saturated rings. The number of rotatable bonds is 6. The number of aromatic nitrogens is 2. The monoisotopic (exact) mass is 210 g/mol. The first-order valence-corrected chi connectivity index (χ1v) is 5.06. The molecule has 1 rings (SSSR count). The second kappa shape index (κ2) is 6.19. The Hall–Kier alpha value is -1.36. The lowest BCUT2D eigenvalue weighted by Gasteiger charge is -2.11. The smallest absolute Gasteiger partial charge is 0.218 e. The number of nitrogens with zero attached hydrogens (tertiary/aromatic N) is 2. The van der Waals surface area contributed by atoms with Gasteiger partial charge in [-0.15, -0.1) is 0 Å². The van der Waals surface area contributed by atoms with Crippen LogP contribution in [0.3, 0.4) is 0 Å². The van der Waals surface area contributed by atoms with Gasteiger partial charge in [-0.3, -0.25) is 0 Å². The lowest BCUT2D eigenvalue weighted by molar-refractivity contribution is 0.397. The molecule has 0 bridgehead atoms. The molecule has 0 amide bonds. The minimum Gasteiger partial charge on any atom is -0.481 e. The Kier molecular flexibility index (Phi) is 4.83. The van der Waals surface area contributed by atoms with E-state index in [1.807, 2.05) is 0 Å². The minimum atomic E-state index is 0.538. The third-order valence-corrected chi connectivity index (χ3v) is 2.14. The van der Waals surface area contributed by atoms with Gasteiger partial charge >= 0.3 is 0 Å². The third-order valence-electron chi connectivity index (χ3n) is 2.14. The summed E-state index contributed by atoms with van der Waals surface area (Å²) in [5, 5.41) is 3.22. The molecule has 5 heteroatoms. The van der Waals surface area contributed by atoms with E-state index in [2.05, 4.69) is 22.2 Å². The average Bonchev–Trinajstić information content (AvgIpc) is 2.27. The largest absolute Gasteiger partial charge is 0.481 e. The maximum Gasteiger partial charge on any atom is 0.218 e. The van der Waals surface area contributed by atoms with Crippen LogP contribution in [0.25, 0.3) is 0 Å². The summed E-state index contributed by atoms with van der Waals surface area (Å²) >= 11 is 0. The normalized spacial score (nSPS) is 12.2. The van der Waals surface area contributed by atoms with Gasteiger partial charge in [0.15, 0.2) is 0 Å². The molecule has 0 saturated carbocycles. The van der Waals surface area contributed by atoms with Gasteiger partial charge in [-0.1, -0.05) is 6.92 Å². The van der Waals surface area contributed by atoms with Crippen molar-refractivity contribution in [1.82, 2.24) is 9.97 Å². The summed E-state index contributed by atoms with van der Waals surface area (Å²) in [6.45, 7) is 3.73. The van der Waals surface area contributed by atoms with Crippen LogP contribution in [-0.4, -0.2) is 30.2 Å². The molecule has 1 aromatic heterocycles. The van der Waals surface area contributed by atoms with Crippen LogP contribution in [0.4, 0.5) is 5.82 Å². The fourth-order valence-corrected chi connectivity index (χ4v) is 1.21. The summed E-state index contributed by atoms with van der Waals surface area (Å²) in [6, 6.07) is 1.77. The van der Waals surface area contributed by atoms with Gasteiger partial charge in [0.25, 0.3) is 0 Å². The Bertz CT molecular complexity index is 293. The summed E-state index contributed by atoms with van der Waals surface area (Å²) in [4.78, 5) is 8.01. The van der Waals surface area contributed by atoms with E-state index in [1.165, 1.54) is 6.33 Å². The molecule has 0 aliphatic carbocycles.